The smallest absolute Gasteiger partial charge is 0.426 e. The lowest BCUT2D eigenvalue weighted by atomic mass is 10.1. The van der Waals surface area contributed by atoms with E-state index in [0.717, 1.165) is 22.8 Å². The number of halogens is 3. The van der Waals surface area contributed by atoms with Gasteiger partial charge in [-0.3, -0.25) is 4.79 Å². The third kappa shape index (κ3) is 5.97. The molecule has 2 N–H and O–H groups in total. The summed E-state index contributed by atoms with van der Waals surface area (Å²) in [5.74, 6) is -0.386. The molecule has 192 valence electrons. The Morgan fingerprint density at radius 3 is 2.49 bits per heavy atom. The van der Waals surface area contributed by atoms with Gasteiger partial charge in [0, 0.05) is 23.0 Å². The molecule has 5 rings (SSSR count). The van der Waals surface area contributed by atoms with Gasteiger partial charge in [0.2, 0.25) is 0 Å². The third-order valence-electron chi connectivity index (χ3n) is 6.76. The van der Waals surface area contributed by atoms with E-state index in [1.807, 2.05) is 30.3 Å². The quantitative estimate of drug-likeness (QED) is 0.250. The predicted octanol–water partition coefficient (Wildman–Crippen LogP) is 7.51. The minimum Gasteiger partial charge on any atom is -0.488 e. The monoisotopic (exact) mass is 525 g/mol. The summed E-state index contributed by atoms with van der Waals surface area (Å²) in [5.41, 5.74) is 1.81. The van der Waals surface area contributed by atoms with Gasteiger partial charge in [-0.2, -0.15) is 13.2 Å². The van der Waals surface area contributed by atoms with E-state index in [1.165, 1.54) is 0 Å². The predicted molar refractivity (Wildman–Crippen MR) is 139 cm³/mol. The number of carbonyl (C=O) groups is 1. The number of fused-ring (bicyclic) bond motifs is 1. The molecule has 0 aliphatic heterocycles. The van der Waals surface area contributed by atoms with Gasteiger partial charge < -0.3 is 15.2 Å². The molecule has 1 fully saturated rings. The summed E-state index contributed by atoms with van der Waals surface area (Å²) in [7, 11) is 0. The molecule has 1 saturated carbocycles. The maximum Gasteiger partial charge on any atom is 0.426 e. The van der Waals surface area contributed by atoms with Crippen LogP contribution in [0.25, 0.3) is 21.9 Å². The highest BCUT2D eigenvalue weighted by molar-refractivity contribution is 7.12. The molecule has 0 amide bonds. The summed E-state index contributed by atoms with van der Waals surface area (Å²) in [6.45, 7) is 0.710. The Bertz CT molecular complexity index is 1400. The lowest BCUT2D eigenvalue weighted by molar-refractivity contribution is -0.141. The molecular weight excluding hydrogens is 499 g/mol. The number of hydrogen-bond acceptors (Lipinski definition) is 4. The second kappa shape index (κ2) is 10.6. The minimum absolute atomic E-state index is 0.0484. The van der Waals surface area contributed by atoms with E-state index in [0.29, 0.717) is 46.9 Å². The highest BCUT2D eigenvalue weighted by Gasteiger charge is 2.36. The van der Waals surface area contributed by atoms with Gasteiger partial charge in [-0.25, -0.2) is 0 Å². The number of ether oxygens (including phenoxy) is 1. The molecule has 4 aromatic rings. The molecule has 2 atom stereocenters. The average Bonchev–Trinajstić information content (AvgIpc) is 3.54. The van der Waals surface area contributed by atoms with E-state index in [4.69, 9.17) is 4.74 Å². The van der Waals surface area contributed by atoms with Crippen LogP contribution in [0, 0.1) is 5.92 Å². The van der Waals surface area contributed by atoms with Gasteiger partial charge in [-0.15, -0.1) is 11.3 Å². The van der Waals surface area contributed by atoms with E-state index in [1.54, 1.807) is 36.4 Å². The number of aliphatic carboxylic acids is 1. The molecule has 0 radical (unpaired) electrons. The molecule has 4 nitrogen and oxygen atoms in total. The van der Waals surface area contributed by atoms with Gasteiger partial charge in [0.05, 0.1) is 5.92 Å². The number of rotatable bonds is 8. The molecule has 1 aliphatic rings. The van der Waals surface area contributed by atoms with Crippen LogP contribution in [0.2, 0.25) is 0 Å². The average molecular weight is 526 g/mol. The Morgan fingerprint density at radius 1 is 1.00 bits per heavy atom. The van der Waals surface area contributed by atoms with Crippen molar-refractivity contribution in [1.82, 2.24) is 5.32 Å². The van der Waals surface area contributed by atoms with Crippen LogP contribution in [0.15, 0.2) is 72.8 Å². The van der Waals surface area contributed by atoms with Crippen molar-refractivity contribution in [1.29, 1.82) is 0 Å². The molecule has 8 heteroatoms. The molecule has 1 aliphatic carbocycles. The highest BCUT2D eigenvalue weighted by Crippen LogP contribution is 2.43. The summed E-state index contributed by atoms with van der Waals surface area (Å²) in [6.07, 6.45) is -2.19. The number of carboxylic acid groups (broad SMARTS) is 1. The number of hydrogen-bond donors (Lipinski definition) is 2. The summed E-state index contributed by atoms with van der Waals surface area (Å²) >= 11 is 0.714. The molecule has 0 saturated heterocycles. The topological polar surface area (TPSA) is 58.6 Å². The maximum absolute atomic E-state index is 13.7. The standard InChI is InChI=1S/C29H26F3NO3S/c30-29(31,32)27-26(19-4-2-1-3-5-19)15-25(37-27)17-36-24-11-9-20-12-18(6-7-21(20)14-24)16-33-23-10-8-22(13-23)28(34)35/h1-7,9,11-12,14-15,22-23,33H,8,10,13,16-17H2,(H,34,35). The first-order valence-corrected chi connectivity index (χ1v) is 12.9. The second-order valence-corrected chi connectivity index (χ2v) is 10.5. The molecule has 1 aromatic heterocycles. The first-order chi connectivity index (χ1) is 17.8. The van der Waals surface area contributed by atoms with Crippen LogP contribution in [0.5, 0.6) is 5.75 Å². The minimum atomic E-state index is -4.43. The Morgan fingerprint density at radius 2 is 1.76 bits per heavy atom. The van der Waals surface area contributed by atoms with Gasteiger partial charge in [-0.1, -0.05) is 48.5 Å². The van der Waals surface area contributed by atoms with Crippen molar-refractivity contribution in [2.45, 2.75) is 44.6 Å². The largest absolute Gasteiger partial charge is 0.488 e. The molecule has 0 spiro atoms. The first kappa shape index (κ1) is 25.3. The highest BCUT2D eigenvalue weighted by atomic mass is 32.1. The SMILES string of the molecule is O=C(O)C1CCC(NCc2ccc3cc(OCc4cc(-c5ccccc5)c(C(F)(F)F)s4)ccc3c2)C1. The lowest BCUT2D eigenvalue weighted by Crippen LogP contribution is -2.26. The normalized spacial score (nSPS) is 17.8. The van der Waals surface area contributed by atoms with Gasteiger partial charge in [0.25, 0.3) is 0 Å². The van der Waals surface area contributed by atoms with E-state index in [2.05, 4.69) is 11.4 Å². The van der Waals surface area contributed by atoms with Gasteiger partial charge in [0.15, 0.2) is 0 Å². The third-order valence-corrected chi connectivity index (χ3v) is 7.91. The van der Waals surface area contributed by atoms with Crippen molar-refractivity contribution in [3.05, 3.63) is 88.1 Å². The van der Waals surface area contributed by atoms with E-state index >= 15 is 0 Å². The molecule has 0 bridgehead atoms. The lowest BCUT2D eigenvalue weighted by Gasteiger charge is -2.13. The fourth-order valence-corrected chi connectivity index (χ4v) is 5.80. The molecule has 2 unspecified atom stereocenters. The fraction of sp³-hybridized carbons (Fsp3) is 0.276. The van der Waals surface area contributed by atoms with Crippen molar-refractivity contribution >= 4 is 28.1 Å². The van der Waals surface area contributed by atoms with Crippen LogP contribution < -0.4 is 10.1 Å². The van der Waals surface area contributed by atoms with Gasteiger partial charge >= 0.3 is 12.1 Å². The number of nitrogens with one attached hydrogen (secondary N) is 1. The number of benzene rings is 3. The van der Waals surface area contributed by atoms with Crippen molar-refractivity contribution in [3.8, 4) is 16.9 Å². The van der Waals surface area contributed by atoms with Crippen LogP contribution in [-0.2, 0) is 24.1 Å². The first-order valence-electron chi connectivity index (χ1n) is 12.1. The maximum atomic E-state index is 13.7. The number of alkyl halides is 3. The Balaban J connectivity index is 1.24. The van der Waals surface area contributed by atoms with Crippen molar-refractivity contribution in [2.24, 2.45) is 5.92 Å². The van der Waals surface area contributed by atoms with Crippen molar-refractivity contribution in [2.75, 3.05) is 0 Å². The molecular formula is C29H26F3NO3S. The number of carboxylic acids is 1. The Labute approximate surface area is 216 Å². The summed E-state index contributed by atoms with van der Waals surface area (Å²) < 4.78 is 46.8. The van der Waals surface area contributed by atoms with Crippen LogP contribution in [-0.4, -0.2) is 17.1 Å². The van der Waals surface area contributed by atoms with Crippen LogP contribution in [0.4, 0.5) is 13.2 Å². The van der Waals surface area contributed by atoms with E-state index < -0.39 is 17.0 Å². The second-order valence-electron chi connectivity index (χ2n) is 9.38. The summed E-state index contributed by atoms with van der Waals surface area (Å²) in [6, 6.07) is 22.1. The van der Waals surface area contributed by atoms with E-state index in [9.17, 15) is 23.1 Å². The zero-order valence-corrected chi connectivity index (χ0v) is 20.7. The van der Waals surface area contributed by atoms with Crippen LogP contribution >= 0.6 is 11.3 Å². The molecule has 3 aromatic carbocycles. The molecule has 1 heterocycles. The van der Waals surface area contributed by atoms with Gasteiger partial charge in [-0.05, 0) is 65.4 Å². The van der Waals surface area contributed by atoms with E-state index in [-0.39, 0.29) is 24.1 Å². The summed E-state index contributed by atoms with van der Waals surface area (Å²) in [4.78, 5) is 11.0. The molecule has 37 heavy (non-hydrogen) atoms. The fourth-order valence-electron chi connectivity index (χ4n) is 4.84. The van der Waals surface area contributed by atoms with Crippen molar-refractivity contribution in [3.63, 3.8) is 0 Å². The number of thiophene rings is 1. The Kier molecular flexibility index (Phi) is 7.22. The van der Waals surface area contributed by atoms with Crippen molar-refractivity contribution < 1.29 is 27.8 Å². The van der Waals surface area contributed by atoms with Crippen LogP contribution in [0.3, 0.4) is 0 Å². The van der Waals surface area contributed by atoms with Gasteiger partial charge in [0.1, 0.15) is 17.2 Å². The zero-order chi connectivity index (χ0) is 26.0. The zero-order valence-electron chi connectivity index (χ0n) is 19.9. The summed E-state index contributed by atoms with van der Waals surface area (Å²) in [5, 5.41) is 14.6. The Hall–Kier alpha value is -3.36. The van der Waals surface area contributed by atoms with Crippen LogP contribution in [0.1, 0.15) is 34.6 Å².